The van der Waals surface area contributed by atoms with Crippen LogP contribution >= 0.6 is 11.3 Å². The van der Waals surface area contributed by atoms with Gasteiger partial charge in [0.1, 0.15) is 12.2 Å². The second kappa shape index (κ2) is 6.85. The lowest BCUT2D eigenvalue weighted by Crippen LogP contribution is -2.37. The minimum atomic E-state index is -0.285. The molecule has 2 aromatic rings. The van der Waals surface area contributed by atoms with Crippen molar-refractivity contribution in [1.82, 2.24) is 15.1 Å². The van der Waals surface area contributed by atoms with E-state index in [1.807, 2.05) is 17.5 Å². The first-order valence-electron chi connectivity index (χ1n) is 7.23. The van der Waals surface area contributed by atoms with E-state index in [-0.39, 0.29) is 24.1 Å². The Labute approximate surface area is 131 Å². The van der Waals surface area contributed by atoms with Crippen molar-refractivity contribution in [3.05, 3.63) is 40.0 Å². The maximum atomic E-state index is 12.0. The van der Waals surface area contributed by atoms with Gasteiger partial charge in [-0.15, -0.1) is 11.3 Å². The fraction of sp³-hybridized carbons (Fsp3) is 0.400. The molecule has 0 spiro atoms. The fourth-order valence-electron chi connectivity index (χ4n) is 2.34. The number of ether oxygens (including phenoxy) is 1. The first-order valence-corrected chi connectivity index (χ1v) is 8.11. The lowest BCUT2D eigenvalue weighted by molar-refractivity contribution is -0.122. The van der Waals surface area contributed by atoms with Crippen LogP contribution in [0.3, 0.4) is 0 Å². The van der Waals surface area contributed by atoms with Crippen LogP contribution in [0.4, 0.5) is 0 Å². The predicted molar refractivity (Wildman–Crippen MR) is 83.8 cm³/mol. The molecule has 1 fully saturated rings. The Morgan fingerprint density at radius 2 is 2.36 bits per heavy atom. The first-order chi connectivity index (χ1) is 10.7. The molecule has 1 atom stereocenters. The van der Waals surface area contributed by atoms with E-state index in [9.17, 15) is 9.59 Å². The molecule has 1 saturated heterocycles. The number of carbonyl (C=O) groups is 1. The van der Waals surface area contributed by atoms with Crippen LogP contribution in [0.5, 0.6) is 0 Å². The molecule has 1 N–H and O–H groups in total. The summed E-state index contributed by atoms with van der Waals surface area (Å²) in [6.45, 7) is 1.16. The Kier molecular flexibility index (Phi) is 4.65. The number of nitrogens with one attached hydrogen (secondary N) is 1. The third-order valence-electron chi connectivity index (χ3n) is 3.48. The zero-order chi connectivity index (χ0) is 15.4. The van der Waals surface area contributed by atoms with Crippen molar-refractivity contribution in [3.8, 4) is 10.6 Å². The van der Waals surface area contributed by atoms with E-state index in [1.54, 1.807) is 17.4 Å². The summed E-state index contributed by atoms with van der Waals surface area (Å²) in [6.07, 6.45) is 2.09. The van der Waals surface area contributed by atoms with E-state index in [4.69, 9.17) is 4.74 Å². The Balaban J connectivity index is 1.64. The van der Waals surface area contributed by atoms with Crippen LogP contribution in [0.2, 0.25) is 0 Å². The number of rotatable bonds is 5. The number of thiophene rings is 1. The van der Waals surface area contributed by atoms with Gasteiger partial charge in [0, 0.05) is 19.2 Å². The number of aromatic nitrogens is 2. The highest BCUT2D eigenvalue weighted by Gasteiger charge is 2.16. The average molecular weight is 319 g/mol. The van der Waals surface area contributed by atoms with Gasteiger partial charge in [-0.2, -0.15) is 5.10 Å². The van der Waals surface area contributed by atoms with Crippen molar-refractivity contribution >= 4 is 17.2 Å². The van der Waals surface area contributed by atoms with Gasteiger partial charge in [0.15, 0.2) is 0 Å². The zero-order valence-corrected chi connectivity index (χ0v) is 12.8. The van der Waals surface area contributed by atoms with E-state index in [0.29, 0.717) is 12.2 Å². The Hall–Kier alpha value is -1.99. The molecule has 0 saturated carbocycles. The molecule has 7 heteroatoms. The molecule has 3 rings (SSSR count). The molecule has 6 nitrogen and oxygen atoms in total. The van der Waals surface area contributed by atoms with Gasteiger partial charge in [0.05, 0.1) is 11.0 Å². The van der Waals surface area contributed by atoms with Gasteiger partial charge < -0.3 is 10.1 Å². The summed E-state index contributed by atoms with van der Waals surface area (Å²) < 4.78 is 6.64. The van der Waals surface area contributed by atoms with Crippen LogP contribution in [0.1, 0.15) is 12.8 Å². The van der Waals surface area contributed by atoms with E-state index < -0.39 is 0 Å². The molecule has 0 bridgehead atoms. The van der Waals surface area contributed by atoms with Gasteiger partial charge in [-0.3, -0.25) is 9.59 Å². The normalized spacial score (nSPS) is 17.5. The zero-order valence-electron chi connectivity index (χ0n) is 12.0. The number of hydrogen-bond donors (Lipinski definition) is 1. The monoisotopic (exact) mass is 319 g/mol. The average Bonchev–Trinajstić information content (AvgIpc) is 3.21. The highest BCUT2D eigenvalue weighted by Crippen LogP contribution is 2.20. The van der Waals surface area contributed by atoms with Crippen molar-refractivity contribution in [1.29, 1.82) is 0 Å². The van der Waals surface area contributed by atoms with Crippen LogP contribution in [-0.2, 0) is 16.1 Å². The second-order valence-corrected chi connectivity index (χ2v) is 6.08. The van der Waals surface area contributed by atoms with Crippen LogP contribution in [0, 0.1) is 0 Å². The molecule has 1 aliphatic rings. The van der Waals surface area contributed by atoms with Gasteiger partial charge >= 0.3 is 0 Å². The minimum absolute atomic E-state index is 0.0786. The SMILES string of the molecule is O=C(Cn1nc(-c2cccs2)ccc1=O)NCC1CCCO1. The largest absolute Gasteiger partial charge is 0.376 e. The summed E-state index contributed by atoms with van der Waals surface area (Å²) in [4.78, 5) is 24.8. The van der Waals surface area contributed by atoms with Gasteiger partial charge in [0.25, 0.3) is 5.56 Å². The van der Waals surface area contributed by atoms with Crippen LogP contribution < -0.4 is 10.9 Å². The maximum Gasteiger partial charge on any atom is 0.267 e. The van der Waals surface area contributed by atoms with E-state index in [1.165, 1.54) is 10.7 Å². The predicted octanol–water partition coefficient (Wildman–Crippen LogP) is 1.27. The highest BCUT2D eigenvalue weighted by atomic mass is 32.1. The number of nitrogens with zero attached hydrogens (tertiary/aromatic N) is 2. The molecule has 1 amide bonds. The molecule has 1 aliphatic heterocycles. The summed E-state index contributed by atoms with van der Waals surface area (Å²) in [5, 5.41) is 9.00. The molecule has 0 aromatic carbocycles. The quantitative estimate of drug-likeness (QED) is 0.901. The first kappa shape index (κ1) is 14.9. The van der Waals surface area contributed by atoms with Crippen LogP contribution in [0.15, 0.2) is 34.4 Å². The van der Waals surface area contributed by atoms with E-state index in [0.717, 1.165) is 24.3 Å². The highest BCUT2D eigenvalue weighted by molar-refractivity contribution is 7.13. The molecular weight excluding hydrogens is 302 g/mol. The Bertz CT molecular complexity index is 690. The summed E-state index contributed by atoms with van der Waals surface area (Å²) in [5.74, 6) is -0.228. The minimum Gasteiger partial charge on any atom is -0.376 e. The smallest absolute Gasteiger partial charge is 0.267 e. The number of carbonyl (C=O) groups excluding carboxylic acids is 1. The molecule has 0 aliphatic carbocycles. The van der Waals surface area contributed by atoms with Crippen molar-refractivity contribution in [2.24, 2.45) is 0 Å². The summed E-state index contributed by atoms with van der Waals surface area (Å²) in [5.41, 5.74) is 0.411. The standard InChI is InChI=1S/C15H17N3O3S/c19-14(16-9-11-3-1-7-21-11)10-18-15(20)6-5-12(17-18)13-4-2-8-22-13/h2,4-6,8,11H,1,3,7,9-10H2,(H,16,19). The van der Waals surface area contributed by atoms with Gasteiger partial charge in [-0.25, -0.2) is 4.68 Å². The summed E-state index contributed by atoms with van der Waals surface area (Å²) in [6, 6.07) is 6.97. The molecule has 116 valence electrons. The van der Waals surface area contributed by atoms with Crippen molar-refractivity contribution in [3.63, 3.8) is 0 Å². The summed E-state index contributed by atoms with van der Waals surface area (Å²) in [7, 11) is 0. The van der Waals surface area contributed by atoms with Crippen LogP contribution in [-0.4, -0.2) is 34.9 Å². The summed E-state index contributed by atoms with van der Waals surface area (Å²) >= 11 is 1.54. The lowest BCUT2D eigenvalue weighted by atomic mass is 10.2. The van der Waals surface area contributed by atoms with Crippen LogP contribution in [0.25, 0.3) is 10.6 Å². The number of amides is 1. The Morgan fingerprint density at radius 1 is 1.45 bits per heavy atom. The van der Waals surface area contributed by atoms with Crippen molar-refractivity contribution in [2.75, 3.05) is 13.2 Å². The third-order valence-corrected chi connectivity index (χ3v) is 4.38. The number of hydrogen-bond acceptors (Lipinski definition) is 5. The van der Waals surface area contributed by atoms with Gasteiger partial charge in [-0.1, -0.05) is 6.07 Å². The molecular formula is C15H17N3O3S. The Morgan fingerprint density at radius 3 is 3.09 bits per heavy atom. The van der Waals surface area contributed by atoms with Gasteiger partial charge in [-0.05, 0) is 30.4 Å². The molecule has 1 unspecified atom stereocenters. The van der Waals surface area contributed by atoms with Crippen molar-refractivity contribution < 1.29 is 9.53 Å². The molecule has 2 aromatic heterocycles. The maximum absolute atomic E-state index is 12.0. The second-order valence-electron chi connectivity index (χ2n) is 5.13. The topological polar surface area (TPSA) is 73.2 Å². The van der Waals surface area contributed by atoms with Crippen molar-refractivity contribution in [2.45, 2.75) is 25.5 Å². The third kappa shape index (κ3) is 3.61. The van der Waals surface area contributed by atoms with E-state index >= 15 is 0 Å². The fourth-order valence-corrected chi connectivity index (χ4v) is 3.03. The lowest BCUT2D eigenvalue weighted by Gasteiger charge is -2.11. The molecule has 22 heavy (non-hydrogen) atoms. The molecule has 0 radical (unpaired) electrons. The molecule has 3 heterocycles. The van der Waals surface area contributed by atoms with E-state index in [2.05, 4.69) is 10.4 Å². The van der Waals surface area contributed by atoms with Gasteiger partial charge in [0.2, 0.25) is 5.91 Å².